The van der Waals surface area contributed by atoms with Gasteiger partial charge in [-0.05, 0) is 79.9 Å². The summed E-state index contributed by atoms with van der Waals surface area (Å²) in [6.45, 7) is 0. The molecule has 290 valence electrons. The van der Waals surface area contributed by atoms with Crippen molar-refractivity contribution < 1.29 is 0 Å². The van der Waals surface area contributed by atoms with Gasteiger partial charge in [0.25, 0.3) is 0 Å². The maximum absolute atomic E-state index is 4.94. The summed E-state index contributed by atoms with van der Waals surface area (Å²) in [5.74, 6) is 1.95. The Bertz CT molecular complexity index is 3170. The maximum Gasteiger partial charge on any atom is 0.164 e. The molecule has 0 saturated carbocycles. The third-order valence-electron chi connectivity index (χ3n) is 12.6. The maximum atomic E-state index is 4.94. The highest BCUT2D eigenvalue weighted by molar-refractivity contribution is 6.00. The number of rotatable bonds is 6. The summed E-state index contributed by atoms with van der Waals surface area (Å²) < 4.78 is 0. The molecule has 4 heteroatoms. The molecule has 0 unspecified atom stereocenters. The zero-order chi connectivity index (χ0) is 41.0. The van der Waals surface area contributed by atoms with Crippen LogP contribution in [0.3, 0.4) is 0 Å². The number of aromatic nitrogens is 3. The van der Waals surface area contributed by atoms with Gasteiger partial charge in [0.05, 0.1) is 16.8 Å². The van der Waals surface area contributed by atoms with Crippen molar-refractivity contribution in [3.05, 3.63) is 253 Å². The second-order valence-corrected chi connectivity index (χ2v) is 15.9. The van der Waals surface area contributed by atoms with Crippen molar-refractivity contribution in [3.63, 3.8) is 0 Å². The monoisotopic (exact) mass is 790 g/mol. The summed E-state index contributed by atoms with van der Waals surface area (Å²) in [5.41, 5.74) is 18.4. The smallest absolute Gasteiger partial charge is 0.164 e. The van der Waals surface area contributed by atoms with Crippen LogP contribution in [-0.4, -0.2) is 15.0 Å². The predicted molar refractivity (Wildman–Crippen MR) is 253 cm³/mol. The van der Waals surface area contributed by atoms with Gasteiger partial charge in [0.15, 0.2) is 17.5 Å². The molecule has 0 atom stereocenters. The highest BCUT2D eigenvalue weighted by Crippen LogP contribution is 2.64. The Morgan fingerprint density at radius 1 is 0.274 bits per heavy atom. The largest absolute Gasteiger partial charge is 0.310 e. The first kappa shape index (κ1) is 35.7. The minimum absolute atomic E-state index is 0.496. The van der Waals surface area contributed by atoms with Crippen LogP contribution in [0.5, 0.6) is 0 Å². The van der Waals surface area contributed by atoms with Gasteiger partial charge in [-0.15, -0.1) is 0 Å². The fourth-order valence-electron chi connectivity index (χ4n) is 9.84. The molecule has 0 radical (unpaired) electrons. The Hall–Kier alpha value is -8.21. The van der Waals surface area contributed by atoms with E-state index in [0.717, 1.165) is 33.5 Å². The highest BCUT2D eigenvalue weighted by Gasteiger charge is 2.52. The van der Waals surface area contributed by atoms with Crippen molar-refractivity contribution in [1.29, 1.82) is 0 Å². The normalized spacial score (nSPS) is 12.9. The molecule has 0 N–H and O–H groups in total. The van der Waals surface area contributed by atoms with Gasteiger partial charge >= 0.3 is 0 Å². The molecule has 1 aromatic heterocycles. The van der Waals surface area contributed by atoms with Gasteiger partial charge in [0.1, 0.15) is 0 Å². The molecule has 1 aliphatic heterocycles. The van der Waals surface area contributed by atoms with Crippen LogP contribution in [0.2, 0.25) is 0 Å². The molecule has 9 aromatic carbocycles. The number of hydrogen-bond donors (Lipinski definition) is 0. The van der Waals surface area contributed by atoms with Gasteiger partial charge in [-0.1, -0.05) is 206 Å². The van der Waals surface area contributed by atoms with Crippen LogP contribution in [0.1, 0.15) is 22.3 Å². The SMILES string of the molecule is c1ccc(-c2nc(-c3ccccc3)nc(-c3ccc(-c4ccc(-c5cccc6c5-c5ccccc5C65c6ccccc6N(c6ccccc6)c6ccccc65)cc4)cc3)n2)cc1. The van der Waals surface area contributed by atoms with Crippen LogP contribution in [-0.2, 0) is 5.41 Å². The third kappa shape index (κ3) is 5.58. The van der Waals surface area contributed by atoms with Crippen LogP contribution in [0.4, 0.5) is 17.1 Å². The van der Waals surface area contributed by atoms with Gasteiger partial charge in [-0.3, -0.25) is 0 Å². The Morgan fingerprint density at radius 3 is 1.21 bits per heavy atom. The van der Waals surface area contributed by atoms with Gasteiger partial charge in [0, 0.05) is 22.4 Å². The lowest BCUT2D eigenvalue weighted by Crippen LogP contribution is -2.36. The van der Waals surface area contributed by atoms with Crippen LogP contribution in [0.15, 0.2) is 231 Å². The third-order valence-corrected chi connectivity index (χ3v) is 12.6. The lowest BCUT2D eigenvalue weighted by molar-refractivity contribution is 0.753. The standard InChI is InChI=1S/C58H38N4/c1-4-17-42(18-5-1)55-59-56(43-19-6-2-7-20-43)61-57(60-55)44-37-33-40(34-38-44)39-31-35-41(36-32-39)46-24-16-28-51-54(46)47-23-10-11-25-48(47)58(51)49-26-12-14-29-52(49)62(45-21-8-3-9-22-45)53-30-15-13-27-50(53)58/h1-38H. The van der Waals surface area contributed by atoms with Crippen molar-refractivity contribution >= 4 is 17.1 Å². The molecule has 2 aliphatic rings. The van der Waals surface area contributed by atoms with Gasteiger partial charge in [-0.25, -0.2) is 15.0 Å². The van der Waals surface area contributed by atoms with E-state index in [1.165, 1.54) is 55.9 Å². The molecule has 1 spiro atoms. The first-order valence-corrected chi connectivity index (χ1v) is 21.1. The van der Waals surface area contributed by atoms with Crippen molar-refractivity contribution in [2.24, 2.45) is 0 Å². The van der Waals surface area contributed by atoms with Crippen molar-refractivity contribution in [2.45, 2.75) is 5.41 Å². The minimum atomic E-state index is -0.496. The van der Waals surface area contributed by atoms with E-state index in [2.05, 4.69) is 175 Å². The molecule has 12 rings (SSSR count). The molecule has 0 fully saturated rings. The van der Waals surface area contributed by atoms with E-state index in [1.807, 2.05) is 60.7 Å². The quantitative estimate of drug-likeness (QED) is 0.168. The molecule has 10 aromatic rings. The molecule has 0 saturated heterocycles. The van der Waals surface area contributed by atoms with Crippen molar-refractivity contribution in [3.8, 4) is 67.5 Å². The zero-order valence-electron chi connectivity index (χ0n) is 33.7. The topological polar surface area (TPSA) is 41.9 Å². The fourth-order valence-corrected chi connectivity index (χ4v) is 9.84. The molecule has 62 heavy (non-hydrogen) atoms. The first-order chi connectivity index (χ1) is 30.8. The average molecular weight is 791 g/mol. The van der Waals surface area contributed by atoms with Crippen molar-refractivity contribution in [1.82, 2.24) is 15.0 Å². The number of anilines is 3. The summed E-state index contributed by atoms with van der Waals surface area (Å²) in [6.07, 6.45) is 0. The second kappa shape index (κ2) is 14.5. The zero-order valence-corrected chi connectivity index (χ0v) is 33.7. The number of nitrogens with zero attached hydrogens (tertiary/aromatic N) is 4. The number of hydrogen-bond acceptors (Lipinski definition) is 4. The summed E-state index contributed by atoms with van der Waals surface area (Å²) in [7, 11) is 0. The van der Waals surface area contributed by atoms with Gasteiger partial charge in [0.2, 0.25) is 0 Å². The second-order valence-electron chi connectivity index (χ2n) is 15.9. The van der Waals surface area contributed by atoms with E-state index in [4.69, 9.17) is 15.0 Å². The molecule has 0 amide bonds. The van der Waals surface area contributed by atoms with Gasteiger partial charge < -0.3 is 4.90 Å². The molecular formula is C58H38N4. The van der Waals surface area contributed by atoms with E-state index in [9.17, 15) is 0 Å². The lowest BCUT2D eigenvalue weighted by atomic mass is 9.64. The van der Waals surface area contributed by atoms with Gasteiger partial charge in [-0.2, -0.15) is 0 Å². The van der Waals surface area contributed by atoms with E-state index >= 15 is 0 Å². The van der Waals surface area contributed by atoms with E-state index in [0.29, 0.717) is 17.5 Å². The number of benzene rings is 9. The number of fused-ring (bicyclic) bond motifs is 9. The molecule has 0 bridgehead atoms. The highest BCUT2D eigenvalue weighted by atomic mass is 15.2. The predicted octanol–water partition coefficient (Wildman–Crippen LogP) is 14.4. The van der Waals surface area contributed by atoms with Crippen molar-refractivity contribution in [2.75, 3.05) is 4.90 Å². The summed E-state index contributed by atoms with van der Waals surface area (Å²) in [6, 6.07) is 82.4. The molecular weight excluding hydrogens is 753 g/mol. The molecule has 2 heterocycles. The Balaban J connectivity index is 0.936. The molecule has 4 nitrogen and oxygen atoms in total. The Morgan fingerprint density at radius 2 is 0.661 bits per heavy atom. The lowest BCUT2D eigenvalue weighted by Gasteiger charge is -2.45. The Labute approximate surface area is 361 Å². The van der Waals surface area contributed by atoms with Crippen LogP contribution < -0.4 is 4.90 Å². The van der Waals surface area contributed by atoms with E-state index in [-0.39, 0.29) is 0 Å². The van der Waals surface area contributed by atoms with Crippen LogP contribution in [0, 0.1) is 0 Å². The summed E-state index contributed by atoms with van der Waals surface area (Å²) in [5, 5.41) is 0. The van der Waals surface area contributed by atoms with Crippen LogP contribution in [0.25, 0.3) is 67.5 Å². The number of para-hydroxylation sites is 3. The fraction of sp³-hybridized carbons (Fsp3) is 0.0172. The summed E-state index contributed by atoms with van der Waals surface area (Å²) in [4.78, 5) is 17.2. The van der Waals surface area contributed by atoms with Crippen LogP contribution >= 0.6 is 0 Å². The summed E-state index contributed by atoms with van der Waals surface area (Å²) >= 11 is 0. The van der Waals surface area contributed by atoms with E-state index < -0.39 is 5.41 Å². The average Bonchev–Trinajstić information content (AvgIpc) is 3.66. The van der Waals surface area contributed by atoms with E-state index in [1.54, 1.807) is 0 Å². The Kier molecular flexibility index (Phi) is 8.36. The first-order valence-electron chi connectivity index (χ1n) is 21.1. The minimum Gasteiger partial charge on any atom is -0.310 e. The molecule has 1 aliphatic carbocycles.